The van der Waals surface area contributed by atoms with Gasteiger partial charge in [-0.15, -0.1) is 0 Å². The summed E-state index contributed by atoms with van der Waals surface area (Å²) in [6, 6.07) is 15.5. The summed E-state index contributed by atoms with van der Waals surface area (Å²) in [4.78, 5) is 0. The molecule has 0 aliphatic carbocycles. The summed E-state index contributed by atoms with van der Waals surface area (Å²) in [7, 11) is 0. The van der Waals surface area contributed by atoms with Gasteiger partial charge in [-0.25, -0.2) is 8.78 Å². The van der Waals surface area contributed by atoms with Crippen molar-refractivity contribution in [3.05, 3.63) is 71.8 Å². The molecular weight excluding hydrogens is 208 g/mol. The molecule has 1 nitrogen and oxygen atoms in total. The van der Waals surface area contributed by atoms with Crippen LogP contribution in [0.2, 0.25) is 0 Å². The predicted molar refractivity (Wildman–Crippen MR) is 57.5 cm³/mol. The summed E-state index contributed by atoms with van der Waals surface area (Å²) in [5.74, 6) is -0.637. The minimum atomic E-state index is -0.458. The minimum Gasteiger partial charge on any atom is -0.207 e. The maximum atomic E-state index is 12.4. The number of halogens is 2. The van der Waals surface area contributed by atoms with E-state index in [0.29, 0.717) is 0 Å². The van der Waals surface area contributed by atoms with E-state index in [4.69, 9.17) is 5.26 Å². The number of nitrogens with zero attached hydrogens (tertiary/aromatic N) is 1. The van der Waals surface area contributed by atoms with Crippen molar-refractivity contribution >= 4 is 0 Å². The fourth-order valence-electron chi connectivity index (χ4n) is 0.967. The van der Waals surface area contributed by atoms with Crippen molar-refractivity contribution < 1.29 is 8.78 Å². The van der Waals surface area contributed by atoms with Crippen molar-refractivity contribution in [2.45, 2.75) is 0 Å². The average Bonchev–Trinajstić information content (AvgIpc) is 2.31. The van der Waals surface area contributed by atoms with Crippen molar-refractivity contribution in [2.24, 2.45) is 0 Å². The number of nitriles is 1. The highest BCUT2D eigenvalue weighted by Gasteiger charge is 1.94. The highest BCUT2D eigenvalue weighted by atomic mass is 19.1. The third-order valence-corrected chi connectivity index (χ3v) is 1.73. The van der Waals surface area contributed by atoms with Crippen molar-refractivity contribution in [2.75, 3.05) is 0 Å². The van der Waals surface area contributed by atoms with Crippen molar-refractivity contribution in [3.8, 4) is 6.07 Å². The maximum Gasteiger partial charge on any atom is 0.140 e. The molecule has 80 valence electrons. The Balaban J connectivity index is 0.000000165. The molecule has 0 amide bonds. The van der Waals surface area contributed by atoms with Crippen LogP contribution in [0.4, 0.5) is 8.78 Å². The van der Waals surface area contributed by atoms with Gasteiger partial charge in [-0.1, -0.05) is 30.3 Å². The molecule has 3 heteroatoms. The van der Waals surface area contributed by atoms with Crippen LogP contribution in [0, 0.1) is 23.0 Å². The fraction of sp³-hybridized carbons (Fsp3) is 0. The van der Waals surface area contributed by atoms with E-state index in [1.165, 1.54) is 24.3 Å². The lowest BCUT2D eigenvalue weighted by Crippen LogP contribution is -1.78. The number of hydrogen-bond donors (Lipinski definition) is 0. The zero-order valence-corrected chi connectivity index (χ0v) is 8.40. The third kappa shape index (κ3) is 3.89. The topological polar surface area (TPSA) is 23.8 Å². The van der Waals surface area contributed by atoms with Crippen molar-refractivity contribution in [3.63, 3.8) is 0 Å². The Morgan fingerprint density at radius 2 is 1.38 bits per heavy atom. The van der Waals surface area contributed by atoms with Crippen LogP contribution in [0.1, 0.15) is 5.56 Å². The molecule has 16 heavy (non-hydrogen) atoms. The summed E-state index contributed by atoms with van der Waals surface area (Å²) in [6.45, 7) is 0. The second-order valence-electron chi connectivity index (χ2n) is 2.89. The van der Waals surface area contributed by atoms with E-state index in [0.717, 1.165) is 0 Å². The predicted octanol–water partition coefficient (Wildman–Crippen LogP) is 3.52. The van der Waals surface area contributed by atoms with Gasteiger partial charge in [-0.05, 0) is 24.3 Å². The molecule has 0 atom stereocenters. The molecule has 0 spiro atoms. The van der Waals surface area contributed by atoms with Gasteiger partial charge in [0.2, 0.25) is 0 Å². The van der Waals surface area contributed by atoms with E-state index >= 15 is 0 Å². The Labute approximate surface area is 92.6 Å². The monoisotopic (exact) mass is 217 g/mol. The number of rotatable bonds is 0. The van der Waals surface area contributed by atoms with Crippen LogP contribution in [0.25, 0.3) is 0 Å². The summed E-state index contributed by atoms with van der Waals surface area (Å²) in [5, 5.41) is 8.23. The number of hydrogen-bond acceptors (Lipinski definition) is 1. The Morgan fingerprint density at radius 3 is 1.75 bits per heavy atom. The Hall–Kier alpha value is -2.21. The first-order valence-electron chi connectivity index (χ1n) is 4.59. The summed E-state index contributed by atoms with van der Waals surface area (Å²) in [6.07, 6.45) is 0. The van der Waals surface area contributed by atoms with Gasteiger partial charge in [0, 0.05) is 0 Å². The van der Waals surface area contributed by atoms with Crippen LogP contribution in [0.3, 0.4) is 0 Å². The van der Waals surface area contributed by atoms with Crippen LogP contribution in [-0.4, -0.2) is 0 Å². The molecular formula is C13H9F2N. The van der Waals surface area contributed by atoms with E-state index in [1.807, 2.05) is 0 Å². The zero-order chi connectivity index (χ0) is 11.8. The molecule has 0 radical (unpaired) electrons. The SMILES string of the molecule is Fc1ccccc1.N#Cc1ccccc1F. The lowest BCUT2D eigenvalue weighted by Gasteiger charge is -1.86. The van der Waals surface area contributed by atoms with Crippen LogP contribution < -0.4 is 0 Å². The quantitative estimate of drug-likeness (QED) is 0.662. The molecule has 0 heterocycles. The second kappa shape index (κ2) is 6.31. The molecule has 0 aliphatic heterocycles. The van der Waals surface area contributed by atoms with Gasteiger partial charge in [-0.2, -0.15) is 5.26 Å². The number of benzene rings is 2. The van der Waals surface area contributed by atoms with E-state index in [-0.39, 0.29) is 11.4 Å². The van der Waals surface area contributed by atoms with Gasteiger partial charge in [0.25, 0.3) is 0 Å². The molecule has 2 rings (SSSR count). The molecule has 0 unspecified atom stereocenters. The molecule has 2 aromatic carbocycles. The molecule has 0 fully saturated rings. The Morgan fingerprint density at radius 1 is 0.812 bits per heavy atom. The first-order valence-corrected chi connectivity index (χ1v) is 4.59. The highest BCUT2D eigenvalue weighted by Crippen LogP contribution is 2.02. The Bertz CT molecular complexity index is 475. The van der Waals surface area contributed by atoms with E-state index in [9.17, 15) is 8.78 Å². The van der Waals surface area contributed by atoms with E-state index in [1.54, 1.807) is 36.4 Å². The molecule has 0 saturated heterocycles. The average molecular weight is 217 g/mol. The van der Waals surface area contributed by atoms with Gasteiger partial charge in [0.15, 0.2) is 0 Å². The van der Waals surface area contributed by atoms with Crippen molar-refractivity contribution in [1.29, 1.82) is 5.26 Å². The van der Waals surface area contributed by atoms with Crippen LogP contribution in [-0.2, 0) is 0 Å². The van der Waals surface area contributed by atoms with Crippen LogP contribution in [0.15, 0.2) is 54.6 Å². The normalized spacial score (nSPS) is 8.56. The smallest absolute Gasteiger partial charge is 0.140 e. The Kier molecular flexibility index (Phi) is 4.68. The van der Waals surface area contributed by atoms with Crippen molar-refractivity contribution in [1.82, 2.24) is 0 Å². The molecule has 0 bridgehead atoms. The maximum absolute atomic E-state index is 12.4. The van der Waals surface area contributed by atoms with E-state index < -0.39 is 5.82 Å². The summed E-state index contributed by atoms with van der Waals surface area (Å²) < 4.78 is 24.3. The van der Waals surface area contributed by atoms with Gasteiger partial charge >= 0.3 is 0 Å². The first kappa shape index (κ1) is 11.9. The van der Waals surface area contributed by atoms with Gasteiger partial charge < -0.3 is 0 Å². The molecule has 0 aliphatic rings. The third-order valence-electron chi connectivity index (χ3n) is 1.73. The molecule has 0 saturated carbocycles. The summed E-state index contributed by atoms with van der Waals surface area (Å²) in [5.41, 5.74) is 0.0949. The van der Waals surface area contributed by atoms with Gasteiger partial charge in [-0.3, -0.25) is 0 Å². The first-order chi connectivity index (χ1) is 7.74. The minimum absolute atomic E-state index is 0.0949. The zero-order valence-electron chi connectivity index (χ0n) is 8.40. The standard InChI is InChI=1S/C7H4FN.C6H5F/c8-7-4-2-1-3-6(7)5-9;7-6-4-2-1-3-5-6/h1-4H;1-5H. The molecule has 2 aromatic rings. The lowest BCUT2D eigenvalue weighted by atomic mass is 10.2. The van der Waals surface area contributed by atoms with Gasteiger partial charge in [0.1, 0.15) is 17.7 Å². The van der Waals surface area contributed by atoms with Crippen LogP contribution in [0.5, 0.6) is 0 Å². The summed E-state index contributed by atoms with van der Waals surface area (Å²) >= 11 is 0. The van der Waals surface area contributed by atoms with Gasteiger partial charge in [0.05, 0.1) is 5.56 Å². The lowest BCUT2D eigenvalue weighted by molar-refractivity contribution is 0.624. The van der Waals surface area contributed by atoms with Crippen LogP contribution >= 0.6 is 0 Å². The molecule has 0 N–H and O–H groups in total. The van der Waals surface area contributed by atoms with E-state index in [2.05, 4.69) is 0 Å². The molecule has 0 aromatic heterocycles. The highest BCUT2D eigenvalue weighted by molar-refractivity contribution is 5.29. The fourth-order valence-corrected chi connectivity index (χ4v) is 0.967. The second-order valence-corrected chi connectivity index (χ2v) is 2.89. The largest absolute Gasteiger partial charge is 0.207 e.